The monoisotopic (exact) mass is 293 g/mol. The molecule has 0 fully saturated rings. The van der Waals surface area contributed by atoms with Crippen molar-refractivity contribution in [2.24, 2.45) is 0 Å². The summed E-state index contributed by atoms with van der Waals surface area (Å²) < 4.78 is 21.1. The van der Waals surface area contributed by atoms with Crippen LogP contribution < -0.4 is 10.1 Å². The van der Waals surface area contributed by atoms with E-state index in [1.807, 2.05) is 0 Å². The van der Waals surface area contributed by atoms with E-state index in [-0.39, 0.29) is 0 Å². The second-order valence-electron chi connectivity index (χ2n) is 5.46. The van der Waals surface area contributed by atoms with Crippen molar-refractivity contribution in [3.05, 3.63) is 42.0 Å². The van der Waals surface area contributed by atoms with E-state index < -0.39 is 17.7 Å². The Labute approximate surface area is 123 Å². The molecule has 0 aliphatic rings. The van der Waals surface area contributed by atoms with Gasteiger partial charge in [-0.25, -0.2) is 4.79 Å². The molecule has 1 N–H and O–H groups in total. The maximum Gasteiger partial charge on any atom is 0.408 e. The SMILES string of the molecule is COc1ccc([C@H](NC(=O)OC(C)(C)C)c2ccco2)o1. The van der Waals surface area contributed by atoms with E-state index in [9.17, 15) is 4.79 Å². The summed E-state index contributed by atoms with van der Waals surface area (Å²) in [6, 6.07) is 6.28. The molecule has 114 valence electrons. The van der Waals surface area contributed by atoms with Crippen molar-refractivity contribution in [3.63, 3.8) is 0 Å². The van der Waals surface area contributed by atoms with Crippen LogP contribution in [-0.4, -0.2) is 18.8 Å². The number of methoxy groups -OCH3 is 1. The summed E-state index contributed by atoms with van der Waals surface area (Å²) in [5, 5.41) is 2.73. The second kappa shape index (κ2) is 5.95. The fraction of sp³-hybridized carbons (Fsp3) is 0.400. The fourth-order valence-electron chi connectivity index (χ4n) is 1.76. The maximum absolute atomic E-state index is 12.0. The Balaban J connectivity index is 2.19. The molecular formula is C15H19NO5. The van der Waals surface area contributed by atoms with Crippen LogP contribution in [0.4, 0.5) is 4.79 Å². The Hall–Kier alpha value is -2.37. The number of ether oxygens (including phenoxy) is 2. The number of rotatable bonds is 4. The third-order valence-corrected chi connectivity index (χ3v) is 2.58. The molecule has 0 saturated carbocycles. The van der Waals surface area contributed by atoms with Gasteiger partial charge in [0.25, 0.3) is 5.95 Å². The smallest absolute Gasteiger partial charge is 0.408 e. The molecule has 6 nitrogen and oxygen atoms in total. The third-order valence-electron chi connectivity index (χ3n) is 2.58. The van der Waals surface area contributed by atoms with Gasteiger partial charge in [0.15, 0.2) is 0 Å². The Morgan fingerprint density at radius 1 is 1.24 bits per heavy atom. The molecule has 2 aromatic heterocycles. The number of hydrogen-bond acceptors (Lipinski definition) is 5. The molecule has 21 heavy (non-hydrogen) atoms. The molecule has 6 heteroatoms. The van der Waals surface area contributed by atoms with Gasteiger partial charge in [0.2, 0.25) is 0 Å². The van der Waals surface area contributed by atoms with Crippen LogP contribution in [-0.2, 0) is 4.74 Å². The van der Waals surface area contributed by atoms with Crippen molar-refractivity contribution < 1.29 is 23.1 Å². The van der Waals surface area contributed by atoms with Crippen LogP contribution >= 0.6 is 0 Å². The third kappa shape index (κ3) is 4.05. The predicted molar refractivity (Wildman–Crippen MR) is 75.2 cm³/mol. The molecule has 2 heterocycles. The van der Waals surface area contributed by atoms with E-state index in [1.54, 1.807) is 45.0 Å². The Kier molecular flexibility index (Phi) is 4.26. The number of carbonyl (C=O) groups is 1. The summed E-state index contributed by atoms with van der Waals surface area (Å²) in [5.41, 5.74) is -0.585. The van der Waals surface area contributed by atoms with Crippen molar-refractivity contribution >= 4 is 6.09 Å². The molecule has 0 aliphatic heterocycles. The lowest BCUT2D eigenvalue weighted by molar-refractivity contribution is 0.0500. The summed E-state index contributed by atoms with van der Waals surface area (Å²) in [6.07, 6.45) is 0.971. The lowest BCUT2D eigenvalue weighted by atomic mass is 10.1. The van der Waals surface area contributed by atoms with Crippen LogP contribution in [0.2, 0.25) is 0 Å². The Morgan fingerprint density at radius 3 is 2.52 bits per heavy atom. The summed E-state index contributed by atoms with van der Waals surface area (Å²) in [6.45, 7) is 5.39. The maximum atomic E-state index is 12.0. The summed E-state index contributed by atoms with van der Waals surface area (Å²) in [4.78, 5) is 12.0. The molecular weight excluding hydrogens is 274 g/mol. The lowest BCUT2D eigenvalue weighted by Gasteiger charge is -2.22. The first-order chi connectivity index (χ1) is 9.89. The molecule has 0 aromatic carbocycles. The number of hydrogen-bond donors (Lipinski definition) is 1. The molecule has 0 spiro atoms. The minimum Gasteiger partial charge on any atom is -0.468 e. The fourth-order valence-corrected chi connectivity index (χ4v) is 1.76. The van der Waals surface area contributed by atoms with Crippen molar-refractivity contribution in [1.82, 2.24) is 5.32 Å². The zero-order valence-corrected chi connectivity index (χ0v) is 12.5. The van der Waals surface area contributed by atoms with E-state index in [1.165, 1.54) is 13.4 Å². The number of nitrogens with one attached hydrogen (secondary N) is 1. The summed E-state index contributed by atoms with van der Waals surface area (Å²) >= 11 is 0. The van der Waals surface area contributed by atoms with Gasteiger partial charge in [0.1, 0.15) is 23.2 Å². The normalized spacial score (nSPS) is 12.8. The van der Waals surface area contributed by atoms with E-state index in [0.717, 1.165) is 0 Å². The van der Waals surface area contributed by atoms with Crippen molar-refractivity contribution in [2.75, 3.05) is 7.11 Å². The average Bonchev–Trinajstić information content (AvgIpc) is 3.05. The van der Waals surface area contributed by atoms with Gasteiger partial charge in [-0.3, -0.25) is 0 Å². The van der Waals surface area contributed by atoms with Crippen LogP contribution in [0.1, 0.15) is 38.3 Å². The van der Waals surface area contributed by atoms with Gasteiger partial charge < -0.3 is 23.6 Å². The van der Waals surface area contributed by atoms with E-state index in [4.69, 9.17) is 18.3 Å². The van der Waals surface area contributed by atoms with Gasteiger partial charge in [-0.1, -0.05) is 0 Å². The number of alkyl carbamates (subject to hydrolysis) is 1. The minimum atomic E-state index is -0.585. The highest BCUT2D eigenvalue weighted by Crippen LogP contribution is 2.27. The average molecular weight is 293 g/mol. The van der Waals surface area contributed by atoms with Gasteiger partial charge in [0.05, 0.1) is 13.4 Å². The Morgan fingerprint density at radius 2 is 2.00 bits per heavy atom. The Bertz CT molecular complexity index is 579. The number of amides is 1. The van der Waals surface area contributed by atoms with Gasteiger partial charge >= 0.3 is 6.09 Å². The van der Waals surface area contributed by atoms with Crippen LogP contribution in [0.15, 0.2) is 39.4 Å². The van der Waals surface area contributed by atoms with Crippen molar-refractivity contribution in [2.45, 2.75) is 32.4 Å². The molecule has 2 rings (SSSR count). The molecule has 0 saturated heterocycles. The highest BCUT2D eigenvalue weighted by Gasteiger charge is 2.26. The molecule has 2 aromatic rings. The molecule has 0 bridgehead atoms. The highest BCUT2D eigenvalue weighted by atomic mass is 16.6. The van der Waals surface area contributed by atoms with Crippen LogP contribution in [0.5, 0.6) is 5.95 Å². The van der Waals surface area contributed by atoms with Gasteiger partial charge in [-0.2, -0.15) is 0 Å². The number of furan rings is 2. The standard InChI is InChI=1S/C15H19NO5/c1-15(2,3)21-14(17)16-13(10-6-5-9-19-10)11-7-8-12(18-4)20-11/h5-9,13H,1-4H3,(H,16,17)/t13-/m1/s1. The lowest BCUT2D eigenvalue weighted by Crippen LogP contribution is -2.35. The predicted octanol–water partition coefficient (Wildman–Crippen LogP) is 3.50. The first-order valence-electron chi connectivity index (χ1n) is 6.55. The molecule has 0 aliphatic carbocycles. The van der Waals surface area contributed by atoms with Gasteiger partial charge in [-0.15, -0.1) is 0 Å². The first-order valence-corrected chi connectivity index (χ1v) is 6.55. The minimum absolute atomic E-state index is 0.354. The molecule has 0 unspecified atom stereocenters. The number of carbonyl (C=O) groups excluding carboxylic acids is 1. The quantitative estimate of drug-likeness (QED) is 0.934. The molecule has 1 amide bonds. The van der Waals surface area contributed by atoms with E-state index in [0.29, 0.717) is 17.5 Å². The second-order valence-corrected chi connectivity index (χ2v) is 5.46. The summed E-state index contributed by atoms with van der Waals surface area (Å²) in [5.74, 6) is 1.39. The van der Waals surface area contributed by atoms with Gasteiger partial charge in [-0.05, 0) is 39.0 Å². The zero-order valence-electron chi connectivity index (χ0n) is 12.5. The zero-order chi connectivity index (χ0) is 15.5. The van der Waals surface area contributed by atoms with Crippen LogP contribution in [0, 0.1) is 0 Å². The van der Waals surface area contributed by atoms with Gasteiger partial charge in [0, 0.05) is 6.07 Å². The van der Waals surface area contributed by atoms with Crippen molar-refractivity contribution in [1.29, 1.82) is 0 Å². The first kappa shape index (κ1) is 15.0. The van der Waals surface area contributed by atoms with Crippen molar-refractivity contribution in [3.8, 4) is 5.95 Å². The highest BCUT2D eigenvalue weighted by molar-refractivity contribution is 5.68. The topological polar surface area (TPSA) is 73.8 Å². The van der Waals surface area contributed by atoms with E-state index >= 15 is 0 Å². The summed E-state index contributed by atoms with van der Waals surface area (Å²) in [7, 11) is 1.51. The van der Waals surface area contributed by atoms with Crippen LogP contribution in [0.25, 0.3) is 0 Å². The van der Waals surface area contributed by atoms with E-state index in [2.05, 4.69) is 5.32 Å². The van der Waals surface area contributed by atoms with Crippen LogP contribution in [0.3, 0.4) is 0 Å². The molecule has 1 atom stereocenters. The molecule has 0 radical (unpaired) electrons. The largest absolute Gasteiger partial charge is 0.468 e.